The minimum atomic E-state index is -0.0720. The Kier molecular flexibility index (Phi) is 3.90. The molecule has 0 saturated heterocycles. The molecule has 0 aliphatic heterocycles. The van der Waals surface area contributed by atoms with Crippen LogP contribution in [0.25, 0.3) is 10.9 Å². The Morgan fingerprint density at radius 3 is 2.95 bits per heavy atom. The minimum Gasteiger partial charge on any atom is -0.353 e. The molecule has 0 fully saturated rings. The van der Waals surface area contributed by atoms with Crippen LogP contribution >= 0.6 is 0 Å². The van der Waals surface area contributed by atoms with Gasteiger partial charge in [0.25, 0.3) is 5.56 Å². The van der Waals surface area contributed by atoms with Gasteiger partial charge >= 0.3 is 0 Å². The van der Waals surface area contributed by atoms with Crippen LogP contribution in [0.1, 0.15) is 18.4 Å². The van der Waals surface area contributed by atoms with Gasteiger partial charge in [-0.2, -0.15) is 5.10 Å². The number of aromatic nitrogens is 5. The van der Waals surface area contributed by atoms with Gasteiger partial charge in [-0.1, -0.05) is 6.07 Å². The van der Waals surface area contributed by atoms with Crippen molar-refractivity contribution in [3.05, 3.63) is 46.5 Å². The first-order valence-corrected chi connectivity index (χ1v) is 6.90. The van der Waals surface area contributed by atoms with Crippen LogP contribution in [0.15, 0.2) is 35.4 Å². The van der Waals surface area contributed by atoms with E-state index in [-0.39, 0.29) is 5.56 Å². The topological polar surface area (TPSA) is 99.3 Å². The van der Waals surface area contributed by atoms with Crippen molar-refractivity contribution in [1.82, 2.24) is 25.4 Å². The summed E-state index contributed by atoms with van der Waals surface area (Å²) in [5.74, 6) is 0.559. The summed E-state index contributed by atoms with van der Waals surface area (Å²) >= 11 is 0. The molecule has 0 spiro atoms. The summed E-state index contributed by atoms with van der Waals surface area (Å²) in [6.07, 6.45) is 6.20. The van der Waals surface area contributed by atoms with Crippen LogP contribution in [0.3, 0.4) is 0 Å². The predicted octanol–water partition coefficient (Wildman–Crippen LogP) is 1.48. The van der Waals surface area contributed by atoms with Gasteiger partial charge < -0.3 is 5.32 Å². The van der Waals surface area contributed by atoms with Crippen LogP contribution in [-0.4, -0.2) is 31.9 Å². The standard InChI is InChI=1S/C14H16N6O/c21-13-11-5-4-10(9-12(11)18-19-13)3-1-2-6-15-14-16-7-8-17-20-14/h4-5,7-9H,1-3,6H2,(H,15,16,20)(H2,18,19,21). The van der Waals surface area contributed by atoms with Gasteiger partial charge in [0.2, 0.25) is 5.95 Å². The van der Waals surface area contributed by atoms with Crippen molar-refractivity contribution in [2.24, 2.45) is 0 Å². The molecule has 0 unspecified atom stereocenters. The number of rotatable bonds is 6. The van der Waals surface area contributed by atoms with Crippen LogP contribution in [0.5, 0.6) is 0 Å². The lowest BCUT2D eigenvalue weighted by Gasteiger charge is -2.04. The molecule has 0 atom stereocenters. The van der Waals surface area contributed by atoms with E-state index in [1.54, 1.807) is 12.4 Å². The monoisotopic (exact) mass is 284 g/mol. The van der Waals surface area contributed by atoms with Crippen molar-refractivity contribution >= 4 is 16.9 Å². The Bertz CT molecular complexity index is 764. The van der Waals surface area contributed by atoms with Crippen molar-refractivity contribution in [3.63, 3.8) is 0 Å². The minimum absolute atomic E-state index is 0.0720. The summed E-state index contributed by atoms with van der Waals surface area (Å²) in [6.45, 7) is 0.814. The second kappa shape index (κ2) is 6.17. The van der Waals surface area contributed by atoms with E-state index in [4.69, 9.17) is 0 Å². The highest BCUT2D eigenvalue weighted by Crippen LogP contribution is 2.12. The molecule has 0 aliphatic rings. The second-order valence-electron chi connectivity index (χ2n) is 4.81. The molecule has 0 radical (unpaired) electrons. The molecular weight excluding hydrogens is 268 g/mol. The lowest BCUT2D eigenvalue weighted by Crippen LogP contribution is -2.06. The van der Waals surface area contributed by atoms with Gasteiger partial charge in [-0.15, -0.1) is 5.10 Å². The van der Waals surface area contributed by atoms with Gasteiger partial charge in [0, 0.05) is 6.54 Å². The van der Waals surface area contributed by atoms with Crippen LogP contribution in [0, 0.1) is 0 Å². The summed E-state index contributed by atoms with van der Waals surface area (Å²) in [4.78, 5) is 15.5. The summed E-state index contributed by atoms with van der Waals surface area (Å²) in [5, 5.41) is 16.9. The van der Waals surface area contributed by atoms with Crippen LogP contribution < -0.4 is 10.9 Å². The zero-order valence-electron chi connectivity index (χ0n) is 11.5. The fraction of sp³-hybridized carbons (Fsp3) is 0.286. The summed E-state index contributed by atoms with van der Waals surface area (Å²) in [7, 11) is 0. The number of nitrogens with zero attached hydrogens (tertiary/aromatic N) is 3. The molecule has 21 heavy (non-hydrogen) atoms. The summed E-state index contributed by atoms with van der Waals surface area (Å²) < 4.78 is 0. The Labute approximate surface area is 120 Å². The molecule has 2 heterocycles. The van der Waals surface area contributed by atoms with E-state index in [9.17, 15) is 4.79 Å². The number of aryl methyl sites for hydroxylation is 1. The summed E-state index contributed by atoms with van der Waals surface area (Å²) in [6, 6.07) is 5.88. The van der Waals surface area contributed by atoms with Crippen LogP contribution in [0.2, 0.25) is 0 Å². The molecule has 108 valence electrons. The normalized spacial score (nSPS) is 10.9. The van der Waals surface area contributed by atoms with Crippen molar-refractivity contribution in [1.29, 1.82) is 0 Å². The maximum absolute atomic E-state index is 11.4. The fourth-order valence-electron chi connectivity index (χ4n) is 2.22. The number of hydrogen-bond donors (Lipinski definition) is 3. The van der Waals surface area contributed by atoms with E-state index < -0.39 is 0 Å². The molecule has 3 aromatic rings. The lowest BCUT2D eigenvalue weighted by atomic mass is 10.1. The Morgan fingerprint density at radius 2 is 2.10 bits per heavy atom. The highest BCUT2D eigenvalue weighted by molar-refractivity contribution is 5.78. The van der Waals surface area contributed by atoms with Gasteiger partial charge in [0.05, 0.1) is 23.3 Å². The van der Waals surface area contributed by atoms with Crippen LogP contribution in [0.4, 0.5) is 5.95 Å². The number of fused-ring (bicyclic) bond motifs is 1. The number of aromatic amines is 2. The zero-order valence-corrected chi connectivity index (χ0v) is 11.5. The molecule has 0 amide bonds. The number of benzene rings is 1. The Hall–Kier alpha value is -2.70. The molecule has 7 heteroatoms. The number of hydrogen-bond acceptors (Lipinski definition) is 5. The second-order valence-corrected chi connectivity index (χ2v) is 4.81. The lowest BCUT2D eigenvalue weighted by molar-refractivity contribution is 0.757. The third-order valence-corrected chi connectivity index (χ3v) is 3.30. The smallest absolute Gasteiger partial charge is 0.271 e. The highest BCUT2D eigenvalue weighted by Gasteiger charge is 2.02. The zero-order chi connectivity index (χ0) is 14.5. The SMILES string of the molecule is O=c1[nH][nH]c2cc(CCCCNc3nccnn3)ccc12. The number of H-pyrrole nitrogens is 2. The average molecular weight is 284 g/mol. The number of unbranched alkanes of at least 4 members (excludes halogenated alkanes) is 1. The first-order valence-electron chi connectivity index (χ1n) is 6.90. The molecule has 0 aliphatic carbocycles. The largest absolute Gasteiger partial charge is 0.353 e. The average Bonchev–Trinajstić information content (AvgIpc) is 2.89. The third-order valence-electron chi connectivity index (χ3n) is 3.30. The molecular formula is C14H16N6O. The van der Waals surface area contributed by atoms with Gasteiger partial charge in [-0.25, -0.2) is 4.98 Å². The highest BCUT2D eigenvalue weighted by atomic mass is 16.1. The molecule has 0 bridgehead atoms. The van der Waals surface area contributed by atoms with Crippen molar-refractivity contribution < 1.29 is 0 Å². The summed E-state index contributed by atoms with van der Waals surface area (Å²) in [5.41, 5.74) is 2.01. The van der Waals surface area contributed by atoms with Crippen molar-refractivity contribution in [2.45, 2.75) is 19.3 Å². The Balaban J connectivity index is 1.47. The fourth-order valence-corrected chi connectivity index (χ4v) is 2.22. The van der Waals surface area contributed by atoms with Gasteiger partial charge in [-0.3, -0.25) is 15.0 Å². The maximum Gasteiger partial charge on any atom is 0.271 e. The molecule has 3 rings (SSSR count). The van der Waals surface area contributed by atoms with Crippen molar-refractivity contribution in [3.8, 4) is 0 Å². The van der Waals surface area contributed by atoms with Gasteiger partial charge in [0.15, 0.2) is 0 Å². The molecule has 3 N–H and O–H groups in total. The molecule has 2 aromatic heterocycles. The van der Waals surface area contributed by atoms with E-state index in [1.165, 1.54) is 5.56 Å². The first kappa shape index (κ1) is 13.3. The maximum atomic E-state index is 11.4. The predicted molar refractivity (Wildman–Crippen MR) is 80.2 cm³/mol. The van der Waals surface area contributed by atoms with Crippen LogP contribution in [-0.2, 0) is 6.42 Å². The van der Waals surface area contributed by atoms with E-state index >= 15 is 0 Å². The van der Waals surface area contributed by atoms with Gasteiger partial charge in [-0.05, 0) is 37.0 Å². The molecule has 7 nitrogen and oxygen atoms in total. The van der Waals surface area contributed by atoms with E-state index in [0.717, 1.165) is 31.3 Å². The van der Waals surface area contributed by atoms with Gasteiger partial charge in [0.1, 0.15) is 0 Å². The van der Waals surface area contributed by atoms with Crippen molar-refractivity contribution in [2.75, 3.05) is 11.9 Å². The van der Waals surface area contributed by atoms with E-state index in [0.29, 0.717) is 11.3 Å². The van der Waals surface area contributed by atoms with E-state index in [1.807, 2.05) is 18.2 Å². The third kappa shape index (κ3) is 3.25. The quantitative estimate of drug-likeness (QED) is 0.595. The molecule has 0 saturated carbocycles. The number of nitrogens with one attached hydrogen (secondary N) is 3. The number of anilines is 1. The Morgan fingerprint density at radius 1 is 1.14 bits per heavy atom. The molecule has 1 aromatic carbocycles. The van der Waals surface area contributed by atoms with E-state index in [2.05, 4.69) is 30.7 Å². The first-order chi connectivity index (χ1) is 10.3.